The molecule has 0 spiro atoms. The van der Waals surface area contributed by atoms with E-state index >= 15 is 0 Å². The van der Waals surface area contributed by atoms with Crippen molar-refractivity contribution in [2.45, 2.75) is 6.92 Å². The maximum Gasteiger partial charge on any atom is 0.325 e. The maximum atomic E-state index is 11.8. The van der Waals surface area contributed by atoms with Gasteiger partial charge < -0.3 is 15.0 Å². The first-order valence-electron chi connectivity index (χ1n) is 5.74. The summed E-state index contributed by atoms with van der Waals surface area (Å²) in [6.45, 7) is 1.88. The monoisotopic (exact) mass is 284 g/mol. The summed E-state index contributed by atoms with van der Waals surface area (Å²) in [6.07, 6.45) is 0. The number of carbonyl (C=O) groups is 3. The van der Waals surface area contributed by atoms with E-state index in [4.69, 9.17) is 0 Å². The lowest BCUT2D eigenvalue weighted by Crippen LogP contribution is -2.42. The highest BCUT2D eigenvalue weighted by atomic mass is 32.1. The first kappa shape index (κ1) is 15.2. The smallest absolute Gasteiger partial charge is 0.325 e. The predicted molar refractivity (Wildman–Crippen MR) is 70.9 cm³/mol. The number of thiophene rings is 1. The van der Waals surface area contributed by atoms with E-state index in [2.05, 4.69) is 10.1 Å². The second-order valence-electron chi connectivity index (χ2n) is 3.64. The Bertz CT molecular complexity index is 445. The summed E-state index contributed by atoms with van der Waals surface area (Å²) in [6, 6.07) is 3.44. The number of hydrogen-bond acceptors (Lipinski definition) is 5. The van der Waals surface area contributed by atoms with Gasteiger partial charge >= 0.3 is 5.97 Å². The molecule has 0 unspecified atom stereocenters. The van der Waals surface area contributed by atoms with Crippen LogP contribution in [0, 0.1) is 0 Å². The van der Waals surface area contributed by atoms with E-state index in [0.29, 0.717) is 11.4 Å². The molecule has 0 saturated heterocycles. The molecule has 0 aromatic carbocycles. The third kappa shape index (κ3) is 4.70. The van der Waals surface area contributed by atoms with E-state index in [0.717, 1.165) is 0 Å². The molecule has 104 valence electrons. The molecular weight excluding hydrogens is 268 g/mol. The molecule has 6 nitrogen and oxygen atoms in total. The van der Waals surface area contributed by atoms with Crippen LogP contribution in [-0.2, 0) is 14.3 Å². The second-order valence-corrected chi connectivity index (χ2v) is 4.59. The molecule has 0 atom stereocenters. The maximum absolute atomic E-state index is 11.8. The highest BCUT2D eigenvalue weighted by molar-refractivity contribution is 7.12. The highest BCUT2D eigenvalue weighted by Gasteiger charge is 2.17. The fourth-order valence-electron chi connectivity index (χ4n) is 1.36. The number of carbonyl (C=O) groups excluding carboxylic acids is 3. The van der Waals surface area contributed by atoms with Crippen molar-refractivity contribution in [1.82, 2.24) is 10.2 Å². The lowest BCUT2D eigenvalue weighted by Gasteiger charge is -2.19. The topological polar surface area (TPSA) is 75.7 Å². The van der Waals surface area contributed by atoms with Crippen LogP contribution in [0.2, 0.25) is 0 Å². The predicted octanol–water partition coefficient (Wildman–Crippen LogP) is 0.499. The molecule has 0 radical (unpaired) electrons. The number of amides is 2. The van der Waals surface area contributed by atoms with Gasteiger partial charge in [-0.3, -0.25) is 14.4 Å². The molecule has 1 aromatic rings. The van der Waals surface area contributed by atoms with Gasteiger partial charge in [0, 0.05) is 6.54 Å². The zero-order valence-electron chi connectivity index (χ0n) is 10.8. The van der Waals surface area contributed by atoms with Gasteiger partial charge in [0.15, 0.2) is 0 Å². The first-order valence-corrected chi connectivity index (χ1v) is 6.62. The molecule has 1 N–H and O–H groups in total. The van der Waals surface area contributed by atoms with Gasteiger partial charge in [-0.2, -0.15) is 0 Å². The molecule has 0 aliphatic heterocycles. The summed E-state index contributed by atoms with van der Waals surface area (Å²) in [5.74, 6) is -1.10. The van der Waals surface area contributed by atoms with Crippen molar-refractivity contribution >= 4 is 29.1 Å². The van der Waals surface area contributed by atoms with Gasteiger partial charge in [-0.05, 0) is 18.4 Å². The van der Waals surface area contributed by atoms with Crippen molar-refractivity contribution in [2.24, 2.45) is 0 Å². The van der Waals surface area contributed by atoms with E-state index in [9.17, 15) is 14.4 Å². The molecule has 0 saturated carbocycles. The van der Waals surface area contributed by atoms with Crippen LogP contribution in [0.5, 0.6) is 0 Å². The number of likely N-dealkylation sites (N-methyl/N-ethyl adjacent to an activating group) is 1. The largest absolute Gasteiger partial charge is 0.468 e. The fraction of sp³-hybridized carbons (Fsp3) is 0.417. The minimum Gasteiger partial charge on any atom is -0.468 e. The zero-order valence-corrected chi connectivity index (χ0v) is 11.7. The Labute approximate surface area is 115 Å². The summed E-state index contributed by atoms with van der Waals surface area (Å²) < 4.78 is 4.50. The molecule has 1 rings (SSSR count). The molecule has 0 bridgehead atoms. The number of nitrogens with one attached hydrogen (secondary N) is 1. The van der Waals surface area contributed by atoms with Crippen molar-refractivity contribution in [3.63, 3.8) is 0 Å². The van der Waals surface area contributed by atoms with Crippen molar-refractivity contribution in [1.29, 1.82) is 0 Å². The van der Waals surface area contributed by atoms with Crippen LogP contribution >= 0.6 is 11.3 Å². The summed E-state index contributed by atoms with van der Waals surface area (Å²) in [7, 11) is 1.26. The Morgan fingerprint density at radius 2 is 2.16 bits per heavy atom. The van der Waals surface area contributed by atoms with Crippen LogP contribution in [0.4, 0.5) is 0 Å². The van der Waals surface area contributed by atoms with E-state index in [1.165, 1.54) is 23.3 Å². The van der Waals surface area contributed by atoms with Crippen LogP contribution in [0.25, 0.3) is 0 Å². The SMILES string of the molecule is CCN(CC(=O)OC)C(=O)CNC(=O)c1cccs1. The van der Waals surface area contributed by atoms with Crippen LogP contribution < -0.4 is 5.32 Å². The average molecular weight is 284 g/mol. The van der Waals surface area contributed by atoms with E-state index in [1.54, 1.807) is 24.4 Å². The zero-order chi connectivity index (χ0) is 14.3. The van der Waals surface area contributed by atoms with Gasteiger partial charge in [0.25, 0.3) is 5.91 Å². The Balaban J connectivity index is 2.45. The number of methoxy groups -OCH3 is 1. The van der Waals surface area contributed by atoms with Gasteiger partial charge in [-0.15, -0.1) is 11.3 Å². The Kier molecular flexibility index (Phi) is 6.01. The summed E-state index contributed by atoms with van der Waals surface area (Å²) in [5, 5.41) is 4.30. The number of hydrogen-bond donors (Lipinski definition) is 1. The van der Waals surface area contributed by atoms with Gasteiger partial charge in [-0.25, -0.2) is 0 Å². The Morgan fingerprint density at radius 3 is 2.68 bits per heavy atom. The summed E-state index contributed by atoms with van der Waals surface area (Å²) in [4.78, 5) is 36.4. The molecular formula is C12H16N2O4S. The molecule has 1 heterocycles. The van der Waals surface area contributed by atoms with E-state index < -0.39 is 5.97 Å². The van der Waals surface area contributed by atoms with E-state index in [1.807, 2.05) is 0 Å². The quantitative estimate of drug-likeness (QED) is 0.772. The Hall–Kier alpha value is -1.89. The van der Waals surface area contributed by atoms with Crippen molar-refractivity contribution in [3.8, 4) is 0 Å². The number of esters is 1. The van der Waals surface area contributed by atoms with Crippen LogP contribution in [0.15, 0.2) is 17.5 Å². The van der Waals surface area contributed by atoms with Crippen molar-refractivity contribution in [3.05, 3.63) is 22.4 Å². The lowest BCUT2D eigenvalue weighted by atomic mass is 10.4. The van der Waals surface area contributed by atoms with Crippen LogP contribution in [-0.4, -0.2) is 49.4 Å². The van der Waals surface area contributed by atoms with Gasteiger partial charge in [0.2, 0.25) is 5.91 Å². The van der Waals surface area contributed by atoms with E-state index in [-0.39, 0.29) is 24.9 Å². The fourth-order valence-corrected chi connectivity index (χ4v) is 2.00. The standard InChI is InChI=1S/C12H16N2O4S/c1-3-14(8-11(16)18-2)10(15)7-13-12(17)9-5-4-6-19-9/h4-6H,3,7-8H2,1-2H3,(H,13,17). The number of nitrogens with zero attached hydrogens (tertiary/aromatic N) is 1. The van der Waals surface area contributed by atoms with Crippen molar-refractivity contribution < 1.29 is 19.1 Å². The van der Waals surface area contributed by atoms with Crippen LogP contribution in [0.1, 0.15) is 16.6 Å². The number of ether oxygens (including phenoxy) is 1. The second kappa shape index (κ2) is 7.52. The molecule has 0 aliphatic carbocycles. The molecule has 19 heavy (non-hydrogen) atoms. The molecule has 1 aromatic heterocycles. The third-order valence-corrected chi connectivity index (χ3v) is 3.30. The minimum atomic E-state index is -0.486. The number of rotatable bonds is 6. The Morgan fingerprint density at radius 1 is 1.42 bits per heavy atom. The highest BCUT2D eigenvalue weighted by Crippen LogP contribution is 2.07. The van der Waals surface area contributed by atoms with Crippen LogP contribution in [0.3, 0.4) is 0 Å². The van der Waals surface area contributed by atoms with Gasteiger partial charge in [0.05, 0.1) is 18.5 Å². The summed E-state index contributed by atoms with van der Waals surface area (Å²) >= 11 is 1.30. The van der Waals surface area contributed by atoms with Gasteiger partial charge in [-0.1, -0.05) is 6.07 Å². The molecule has 7 heteroatoms. The summed E-state index contributed by atoms with van der Waals surface area (Å²) in [5.41, 5.74) is 0. The first-order chi connectivity index (χ1) is 9.08. The normalized spacial score (nSPS) is 9.79. The van der Waals surface area contributed by atoms with Gasteiger partial charge in [0.1, 0.15) is 6.54 Å². The molecule has 2 amide bonds. The minimum absolute atomic E-state index is 0.110. The van der Waals surface area contributed by atoms with Crippen molar-refractivity contribution in [2.75, 3.05) is 26.7 Å². The lowest BCUT2D eigenvalue weighted by molar-refractivity contribution is -0.146. The average Bonchev–Trinajstić information content (AvgIpc) is 2.95. The molecule has 0 fully saturated rings. The third-order valence-electron chi connectivity index (χ3n) is 2.43. The molecule has 0 aliphatic rings.